The average molecular weight is 373 g/mol. The van der Waals surface area contributed by atoms with Gasteiger partial charge in [0.1, 0.15) is 11.5 Å². The van der Waals surface area contributed by atoms with Crippen molar-refractivity contribution in [3.8, 4) is 0 Å². The van der Waals surface area contributed by atoms with Gasteiger partial charge < -0.3 is 9.32 Å². The van der Waals surface area contributed by atoms with Gasteiger partial charge in [0, 0.05) is 12.1 Å². The van der Waals surface area contributed by atoms with E-state index in [0.29, 0.717) is 11.5 Å². The number of carbonyl (C=O) groups excluding carboxylic acids is 1. The first-order valence-corrected chi connectivity index (χ1v) is 8.39. The maximum Gasteiger partial charge on any atom is 0.416 e. The van der Waals surface area contributed by atoms with Crippen molar-refractivity contribution in [2.24, 2.45) is 0 Å². The van der Waals surface area contributed by atoms with Crippen LogP contribution in [0, 0.1) is 6.92 Å². The van der Waals surface area contributed by atoms with Gasteiger partial charge in [-0.3, -0.25) is 4.79 Å². The fraction of sp³-hybridized carbons (Fsp3) is 0.190. The van der Waals surface area contributed by atoms with Gasteiger partial charge in [-0.1, -0.05) is 36.4 Å². The van der Waals surface area contributed by atoms with E-state index in [1.165, 1.54) is 17.0 Å². The van der Waals surface area contributed by atoms with Crippen LogP contribution in [0.1, 0.15) is 33.0 Å². The predicted octanol–water partition coefficient (Wildman–Crippen LogP) is 5.45. The molecule has 1 aromatic heterocycles. The Labute approximate surface area is 155 Å². The van der Waals surface area contributed by atoms with Crippen LogP contribution >= 0.6 is 0 Å². The number of alkyl halides is 3. The first kappa shape index (κ1) is 18.8. The number of nitrogens with zero attached hydrogens (tertiary/aromatic N) is 1. The fourth-order valence-electron chi connectivity index (χ4n) is 2.77. The molecule has 0 aliphatic carbocycles. The zero-order valence-corrected chi connectivity index (χ0v) is 14.7. The number of rotatable bonds is 5. The first-order chi connectivity index (χ1) is 12.8. The third-order valence-electron chi connectivity index (χ3n) is 4.08. The van der Waals surface area contributed by atoms with E-state index in [2.05, 4.69) is 0 Å². The predicted molar refractivity (Wildman–Crippen MR) is 94.9 cm³/mol. The molecule has 0 unspecified atom stereocenters. The second-order valence-corrected chi connectivity index (χ2v) is 6.24. The summed E-state index contributed by atoms with van der Waals surface area (Å²) in [7, 11) is 0. The highest BCUT2D eigenvalue weighted by molar-refractivity contribution is 5.94. The largest absolute Gasteiger partial charge is 0.464 e. The molecule has 140 valence electrons. The van der Waals surface area contributed by atoms with Crippen LogP contribution in [0.4, 0.5) is 13.2 Å². The van der Waals surface area contributed by atoms with Gasteiger partial charge in [-0.15, -0.1) is 0 Å². The lowest BCUT2D eigenvalue weighted by Gasteiger charge is -2.22. The molecule has 27 heavy (non-hydrogen) atoms. The Hall–Kier alpha value is -3.02. The minimum atomic E-state index is -4.50. The molecule has 2 aromatic carbocycles. The van der Waals surface area contributed by atoms with Crippen molar-refractivity contribution in [3.05, 3.63) is 94.9 Å². The van der Waals surface area contributed by atoms with E-state index in [1.807, 2.05) is 30.3 Å². The standard InChI is InChI=1S/C21H18F3NO2/c1-15-10-11-19(27-15)14-25(13-16-6-3-2-4-7-16)20(26)17-8-5-9-18(12-17)21(22,23)24/h2-12H,13-14H2,1H3. The van der Waals surface area contributed by atoms with E-state index in [9.17, 15) is 18.0 Å². The molecule has 0 aliphatic rings. The number of carbonyl (C=O) groups is 1. The zero-order chi connectivity index (χ0) is 19.4. The Morgan fingerprint density at radius 3 is 2.33 bits per heavy atom. The molecule has 0 saturated carbocycles. The van der Waals surface area contributed by atoms with Crippen molar-refractivity contribution < 1.29 is 22.4 Å². The lowest BCUT2D eigenvalue weighted by atomic mass is 10.1. The third kappa shape index (κ3) is 4.78. The fourth-order valence-corrected chi connectivity index (χ4v) is 2.77. The highest BCUT2D eigenvalue weighted by atomic mass is 19.4. The Morgan fingerprint density at radius 1 is 0.963 bits per heavy atom. The maximum absolute atomic E-state index is 13.0. The number of halogens is 3. The van der Waals surface area contributed by atoms with Crippen LogP contribution in [-0.2, 0) is 19.3 Å². The molecule has 0 bridgehead atoms. The third-order valence-corrected chi connectivity index (χ3v) is 4.08. The molecule has 0 atom stereocenters. The SMILES string of the molecule is Cc1ccc(CN(Cc2ccccc2)C(=O)c2cccc(C(F)(F)F)c2)o1. The van der Waals surface area contributed by atoms with E-state index < -0.39 is 17.6 Å². The molecular weight excluding hydrogens is 355 g/mol. The summed E-state index contributed by atoms with van der Waals surface area (Å²) in [4.78, 5) is 14.4. The topological polar surface area (TPSA) is 33.5 Å². The van der Waals surface area contributed by atoms with E-state index in [0.717, 1.165) is 17.7 Å². The van der Waals surface area contributed by atoms with Crippen LogP contribution in [-0.4, -0.2) is 10.8 Å². The monoisotopic (exact) mass is 373 g/mol. The minimum Gasteiger partial charge on any atom is -0.464 e. The van der Waals surface area contributed by atoms with E-state index in [1.54, 1.807) is 19.1 Å². The average Bonchev–Trinajstić information content (AvgIpc) is 3.06. The van der Waals surface area contributed by atoms with Crippen LogP contribution in [0.25, 0.3) is 0 Å². The van der Waals surface area contributed by atoms with Gasteiger partial charge in [0.25, 0.3) is 5.91 Å². The summed E-state index contributed by atoms with van der Waals surface area (Å²) < 4.78 is 44.5. The quantitative estimate of drug-likeness (QED) is 0.596. The van der Waals surface area contributed by atoms with Crippen molar-refractivity contribution in [3.63, 3.8) is 0 Å². The number of furan rings is 1. The Kier molecular flexibility index (Phi) is 5.35. The molecule has 3 rings (SSSR count). The molecule has 3 nitrogen and oxygen atoms in total. The van der Waals surface area contributed by atoms with Gasteiger partial charge in [-0.25, -0.2) is 0 Å². The van der Waals surface area contributed by atoms with Crippen LogP contribution < -0.4 is 0 Å². The second-order valence-electron chi connectivity index (χ2n) is 6.24. The minimum absolute atomic E-state index is 0.0102. The van der Waals surface area contributed by atoms with E-state index in [-0.39, 0.29) is 18.7 Å². The highest BCUT2D eigenvalue weighted by Gasteiger charge is 2.31. The van der Waals surface area contributed by atoms with Gasteiger partial charge in [-0.2, -0.15) is 13.2 Å². The molecule has 0 saturated heterocycles. The van der Waals surface area contributed by atoms with Crippen molar-refractivity contribution in [1.82, 2.24) is 4.90 Å². The zero-order valence-electron chi connectivity index (χ0n) is 14.7. The lowest BCUT2D eigenvalue weighted by molar-refractivity contribution is -0.137. The summed E-state index contributed by atoms with van der Waals surface area (Å²) in [6.45, 7) is 2.22. The number of amides is 1. The van der Waals surface area contributed by atoms with Gasteiger partial charge in [0.05, 0.1) is 12.1 Å². The summed E-state index contributed by atoms with van der Waals surface area (Å²) in [5.74, 6) is 0.791. The molecular formula is C21H18F3NO2. The molecule has 6 heteroatoms. The Bertz CT molecular complexity index is 916. The maximum atomic E-state index is 13.0. The van der Waals surface area contributed by atoms with Crippen LogP contribution in [0.15, 0.2) is 71.1 Å². The van der Waals surface area contributed by atoms with E-state index in [4.69, 9.17) is 4.42 Å². The van der Waals surface area contributed by atoms with Gasteiger partial charge in [0.15, 0.2) is 0 Å². The molecule has 0 N–H and O–H groups in total. The summed E-state index contributed by atoms with van der Waals surface area (Å²) in [6.07, 6.45) is -4.50. The summed E-state index contributed by atoms with van der Waals surface area (Å²) in [6, 6.07) is 17.3. The summed E-state index contributed by atoms with van der Waals surface area (Å²) in [5.41, 5.74) is 0.0204. The molecule has 0 spiro atoms. The number of benzene rings is 2. The van der Waals surface area contributed by atoms with Gasteiger partial charge in [-0.05, 0) is 42.8 Å². The molecule has 1 amide bonds. The van der Waals surface area contributed by atoms with Crippen LogP contribution in [0.2, 0.25) is 0 Å². The molecule has 1 heterocycles. The molecule has 0 aliphatic heterocycles. The van der Waals surface area contributed by atoms with Crippen molar-refractivity contribution in [2.75, 3.05) is 0 Å². The van der Waals surface area contributed by atoms with Crippen LogP contribution in [0.3, 0.4) is 0 Å². The van der Waals surface area contributed by atoms with Gasteiger partial charge in [0.2, 0.25) is 0 Å². The van der Waals surface area contributed by atoms with Crippen LogP contribution in [0.5, 0.6) is 0 Å². The molecule has 3 aromatic rings. The normalized spacial score (nSPS) is 11.4. The number of hydrogen-bond acceptors (Lipinski definition) is 2. The number of aryl methyl sites for hydroxylation is 1. The lowest BCUT2D eigenvalue weighted by Crippen LogP contribution is -2.30. The molecule has 0 fully saturated rings. The Balaban J connectivity index is 1.90. The van der Waals surface area contributed by atoms with Gasteiger partial charge >= 0.3 is 6.18 Å². The van der Waals surface area contributed by atoms with Crippen molar-refractivity contribution in [1.29, 1.82) is 0 Å². The summed E-state index contributed by atoms with van der Waals surface area (Å²) in [5, 5.41) is 0. The molecule has 0 radical (unpaired) electrons. The van der Waals surface area contributed by atoms with E-state index >= 15 is 0 Å². The van der Waals surface area contributed by atoms with Crippen molar-refractivity contribution in [2.45, 2.75) is 26.2 Å². The highest BCUT2D eigenvalue weighted by Crippen LogP contribution is 2.30. The second kappa shape index (κ2) is 7.70. The Morgan fingerprint density at radius 2 is 1.70 bits per heavy atom. The number of hydrogen-bond donors (Lipinski definition) is 0. The summed E-state index contributed by atoms with van der Waals surface area (Å²) >= 11 is 0. The van der Waals surface area contributed by atoms with Crippen molar-refractivity contribution >= 4 is 5.91 Å². The smallest absolute Gasteiger partial charge is 0.416 e. The first-order valence-electron chi connectivity index (χ1n) is 8.39.